The number of hydrogen-bond donors (Lipinski definition) is 3. The summed E-state index contributed by atoms with van der Waals surface area (Å²) in [6, 6.07) is 10.2. The van der Waals surface area contributed by atoms with Crippen molar-refractivity contribution in [1.29, 1.82) is 0 Å². The molecule has 0 spiro atoms. The fourth-order valence-electron chi connectivity index (χ4n) is 2.36. The van der Waals surface area contributed by atoms with Crippen molar-refractivity contribution in [2.24, 2.45) is 0 Å². The fourth-order valence-corrected chi connectivity index (χ4v) is 3.45. The Morgan fingerprint density at radius 2 is 1.92 bits per heavy atom. The predicted octanol–water partition coefficient (Wildman–Crippen LogP) is 2.48. The number of hydrogen-bond acceptors (Lipinski definition) is 6. The van der Waals surface area contributed by atoms with Crippen LogP contribution in [-0.4, -0.2) is 32.0 Å². The Labute approximate surface area is 156 Å². The normalized spacial score (nSPS) is 13.8. The summed E-state index contributed by atoms with van der Waals surface area (Å²) < 4.78 is 25.7. The summed E-state index contributed by atoms with van der Waals surface area (Å²) in [4.78, 5) is 10.4. The van der Waals surface area contributed by atoms with E-state index in [1.807, 2.05) is 0 Å². The number of benzene rings is 2. The third-order valence-electron chi connectivity index (χ3n) is 3.82. The van der Waals surface area contributed by atoms with Crippen LogP contribution in [0.5, 0.6) is 0 Å². The van der Waals surface area contributed by atoms with Gasteiger partial charge in [0.15, 0.2) is 0 Å². The molecule has 10 heteroatoms. The van der Waals surface area contributed by atoms with Crippen LogP contribution >= 0.6 is 11.6 Å². The number of anilines is 1. The largest absolute Gasteiger partial charge is 0.384 e. The van der Waals surface area contributed by atoms with Gasteiger partial charge in [0.25, 0.3) is 5.69 Å². The number of nitrogens with one attached hydrogen (secondary N) is 2. The van der Waals surface area contributed by atoms with Crippen molar-refractivity contribution in [3.05, 3.63) is 63.2 Å². The number of nitro benzene ring substituents is 1. The van der Waals surface area contributed by atoms with Gasteiger partial charge in [-0.25, -0.2) is 13.1 Å². The van der Waals surface area contributed by atoms with Crippen LogP contribution in [0.4, 0.5) is 11.4 Å². The molecule has 0 bridgehead atoms. The zero-order valence-electron chi connectivity index (χ0n) is 14.1. The molecule has 0 amide bonds. The summed E-state index contributed by atoms with van der Waals surface area (Å²) in [7, 11) is -2.60. The van der Waals surface area contributed by atoms with Gasteiger partial charge in [0.1, 0.15) is 11.3 Å². The van der Waals surface area contributed by atoms with Gasteiger partial charge in [0.05, 0.1) is 9.82 Å². The number of sulfonamides is 1. The predicted molar refractivity (Wildman–Crippen MR) is 98.9 cm³/mol. The van der Waals surface area contributed by atoms with E-state index in [-0.39, 0.29) is 17.1 Å². The van der Waals surface area contributed by atoms with Crippen molar-refractivity contribution in [2.75, 3.05) is 18.9 Å². The van der Waals surface area contributed by atoms with E-state index in [2.05, 4.69) is 10.0 Å². The molecule has 2 rings (SSSR count). The second-order valence-corrected chi connectivity index (χ2v) is 8.04. The Morgan fingerprint density at radius 1 is 1.27 bits per heavy atom. The molecular formula is C16H18ClN3O5S. The highest BCUT2D eigenvalue weighted by atomic mass is 35.5. The van der Waals surface area contributed by atoms with Crippen LogP contribution in [0, 0.1) is 10.1 Å². The summed E-state index contributed by atoms with van der Waals surface area (Å²) >= 11 is 6.09. The molecule has 2 aromatic rings. The van der Waals surface area contributed by atoms with Gasteiger partial charge in [-0.15, -0.1) is 0 Å². The number of aliphatic hydroxyl groups is 1. The maximum atomic E-state index is 11.8. The fraction of sp³-hybridized carbons (Fsp3) is 0.250. The van der Waals surface area contributed by atoms with E-state index in [1.165, 1.54) is 26.1 Å². The quantitative estimate of drug-likeness (QED) is 0.485. The molecule has 26 heavy (non-hydrogen) atoms. The standard InChI is InChI=1S/C16H18ClN3O5S/c1-16(21,12-5-3-4-6-13(12)17)10-19-14-8-7-11(26(24,25)18-2)9-15(14)20(22)23/h3-9,18-19,21H,10H2,1-2H3. The van der Waals surface area contributed by atoms with Gasteiger partial charge < -0.3 is 10.4 Å². The lowest BCUT2D eigenvalue weighted by Gasteiger charge is -2.25. The zero-order chi connectivity index (χ0) is 19.5. The average Bonchev–Trinajstić information content (AvgIpc) is 2.60. The molecule has 140 valence electrons. The van der Waals surface area contributed by atoms with Gasteiger partial charge >= 0.3 is 0 Å². The van der Waals surface area contributed by atoms with Crippen LogP contribution in [0.15, 0.2) is 47.4 Å². The molecule has 0 heterocycles. The van der Waals surface area contributed by atoms with E-state index < -0.39 is 26.2 Å². The average molecular weight is 400 g/mol. The van der Waals surface area contributed by atoms with E-state index in [0.717, 1.165) is 6.07 Å². The molecule has 0 aliphatic heterocycles. The summed E-state index contributed by atoms with van der Waals surface area (Å²) in [6.07, 6.45) is 0. The van der Waals surface area contributed by atoms with Gasteiger partial charge in [-0.3, -0.25) is 10.1 Å². The minimum Gasteiger partial charge on any atom is -0.384 e. The third kappa shape index (κ3) is 4.31. The summed E-state index contributed by atoms with van der Waals surface area (Å²) in [5.41, 5.74) is -1.28. The van der Waals surface area contributed by atoms with E-state index in [1.54, 1.807) is 24.3 Å². The molecule has 0 saturated heterocycles. The third-order valence-corrected chi connectivity index (χ3v) is 5.56. The highest BCUT2D eigenvalue weighted by Gasteiger charge is 2.27. The SMILES string of the molecule is CNS(=O)(=O)c1ccc(NCC(C)(O)c2ccccc2Cl)c([N+](=O)[O-])c1. The highest BCUT2D eigenvalue weighted by molar-refractivity contribution is 7.89. The highest BCUT2D eigenvalue weighted by Crippen LogP contribution is 2.31. The van der Waals surface area contributed by atoms with E-state index in [9.17, 15) is 23.6 Å². The Kier molecular flexibility index (Phi) is 5.87. The maximum Gasteiger partial charge on any atom is 0.293 e. The molecule has 0 fully saturated rings. The lowest BCUT2D eigenvalue weighted by molar-refractivity contribution is -0.384. The topological polar surface area (TPSA) is 122 Å². The lowest BCUT2D eigenvalue weighted by Crippen LogP contribution is -2.31. The van der Waals surface area contributed by atoms with Crippen LogP contribution in [-0.2, 0) is 15.6 Å². The summed E-state index contributed by atoms with van der Waals surface area (Å²) in [6.45, 7) is 1.45. The molecule has 0 saturated carbocycles. The number of nitro groups is 1. The Balaban J connectivity index is 2.32. The first-order valence-corrected chi connectivity index (χ1v) is 9.38. The van der Waals surface area contributed by atoms with Crippen molar-refractivity contribution in [3.63, 3.8) is 0 Å². The van der Waals surface area contributed by atoms with E-state index in [4.69, 9.17) is 11.6 Å². The first kappa shape index (κ1) is 20.1. The molecule has 0 aromatic heterocycles. The number of rotatable bonds is 7. The zero-order valence-corrected chi connectivity index (χ0v) is 15.6. The Bertz CT molecular complexity index is 931. The molecule has 0 radical (unpaired) electrons. The molecule has 1 atom stereocenters. The van der Waals surface area contributed by atoms with Gasteiger partial charge in [-0.2, -0.15) is 0 Å². The van der Waals surface area contributed by atoms with E-state index in [0.29, 0.717) is 10.6 Å². The van der Waals surface area contributed by atoms with Gasteiger partial charge in [-0.1, -0.05) is 29.8 Å². The van der Waals surface area contributed by atoms with Crippen LogP contribution in [0.1, 0.15) is 12.5 Å². The lowest BCUT2D eigenvalue weighted by atomic mass is 9.96. The first-order chi connectivity index (χ1) is 12.1. The van der Waals surface area contributed by atoms with Crippen LogP contribution in [0.3, 0.4) is 0 Å². The molecule has 8 nitrogen and oxygen atoms in total. The second-order valence-electron chi connectivity index (χ2n) is 5.75. The first-order valence-electron chi connectivity index (χ1n) is 7.52. The minimum atomic E-state index is -3.81. The molecule has 0 aliphatic carbocycles. The van der Waals surface area contributed by atoms with Crippen molar-refractivity contribution >= 4 is 33.0 Å². The monoisotopic (exact) mass is 399 g/mol. The molecule has 3 N–H and O–H groups in total. The second kappa shape index (κ2) is 7.58. The molecule has 1 unspecified atom stereocenters. The van der Waals surface area contributed by atoms with Crippen molar-refractivity contribution in [3.8, 4) is 0 Å². The van der Waals surface area contributed by atoms with E-state index >= 15 is 0 Å². The van der Waals surface area contributed by atoms with Gasteiger partial charge in [0, 0.05) is 23.2 Å². The molecule has 0 aliphatic rings. The van der Waals surface area contributed by atoms with Crippen molar-refractivity contribution in [1.82, 2.24) is 4.72 Å². The maximum absolute atomic E-state index is 11.8. The summed E-state index contributed by atoms with van der Waals surface area (Å²) in [5, 5.41) is 25.1. The van der Waals surface area contributed by atoms with Crippen LogP contribution in [0.2, 0.25) is 5.02 Å². The minimum absolute atomic E-state index is 0.0737. The number of nitrogens with zero attached hydrogens (tertiary/aromatic N) is 1. The molecular weight excluding hydrogens is 382 g/mol. The summed E-state index contributed by atoms with van der Waals surface area (Å²) in [5.74, 6) is 0. The Morgan fingerprint density at radius 3 is 2.50 bits per heavy atom. The van der Waals surface area contributed by atoms with Crippen molar-refractivity contribution in [2.45, 2.75) is 17.4 Å². The van der Waals surface area contributed by atoms with Gasteiger partial charge in [-0.05, 0) is 32.2 Å². The smallest absolute Gasteiger partial charge is 0.293 e. The van der Waals surface area contributed by atoms with Crippen LogP contribution < -0.4 is 10.0 Å². The van der Waals surface area contributed by atoms with Crippen molar-refractivity contribution < 1.29 is 18.4 Å². The van der Waals surface area contributed by atoms with Crippen LogP contribution in [0.25, 0.3) is 0 Å². The molecule has 2 aromatic carbocycles. The van der Waals surface area contributed by atoms with Gasteiger partial charge in [0.2, 0.25) is 10.0 Å². The Hall–Kier alpha value is -2.20. The number of halogens is 1.